The van der Waals surface area contributed by atoms with Gasteiger partial charge >= 0.3 is 0 Å². The van der Waals surface area contributed by atoms with Crippen LogP contribution in [0.15, 0.2) is 36.5 Å². The molecule has 1 saturated carbocycles. The van der Waals surface area contributed by atoms with Gasteiger partial charge in [0, 0.05) is 43.8 Å². The largest absolute Gasteiger partial charge is 0.356 e. The van der Waals surface area contributed by atoms with Gasteiger partial charge in [0.2, 0.25) is 11.8 Å². The van der Waals surface area contributed by atoms with Crippen molar-refractivity contribution in [2.45, 2.75) is 38.3 Å². The highest BCUT2D eigenvalue weighted by Gasteiger charge is 2.41. The van der Waals surface area contributed by atoms with Crippen LogP contribution in [0.3, 0.4) is 0 Å². The maximum atomic E-state index is 12.3. The summed E-state index contributed by atoms with van der Waals surface area (Å²) in [6, 6.07) is 10.8. The van der Waals surface area contributed by atoms with Gasteiger partial charge in [0.25, 0.3) is 0 Å². The van der Waals surface area contributed by atoms with Gasteiger partial charge in [-0.15, -0.1) is 0 Å². The standard InChI is InChI=1S/C19H23N3O2/c23-18-12-15(13-22(18)16-6-7-16)19(24)20-9-3-10-21-11-8-14-4-1-2-5-17(14)21/h1-2,4-5,8,11,15-16H,3,6-7,9-10,12-13H2,(H,20,24). The van der Waals surface area contributed by atoms with E-state index in [2.05, 4.69) is 34.3 Å². The minimum Gasteiger partial charge on any atom is -0.356 e. The highest BCUT2D eigenvalue weighted by atomic mass is 16.2. The fourth-order valence-corrected chi connectivity index (χ4v) is 3.59. The number of nitrogens with zero attached hydrogens (tertiary/aromatic N) is 2. The minimum atomic E-state index is -0.162. The van der Waals surface area contributed by atoms with E-state index in [0.717, 1.165) is 25.8 Å². The van der Waals surface area contributed by atoms with E-state index in [4.69, 9.17) is 0 Å². The molecule has 1 aliphatic carbocycles. The Labute approximate surface area is 141 Å². The predicted octanol–water partition coefficient (Wildman–Crippen LogP) is 2.16. The topological polar surface area (TPSA) is 54.3 Å². The quantitative estimate of drug-likeness (QED) is 0.828. The van der Waals surface area contributed by atoms with E-state index >= 15 is 0 Å². The number of nitrogens with one attached hydrogen (secondary N) is 1. The number of hydrogen-bond acceptors (Lipinski definition) is 2. The molecule has 1 aromatic carbocycles. The van der Waals surface area contributed by atoms with Crippen LogP contribution < -0.4 is 5.32 Å². The van der Waals surface area contributed by atoms with Crippen LogP contribution in [-0.4, -0.2) is 40.4 Å². The molecule has 0 spiro atoms. The van der Waals surface area contributed by atoms with Crippen LogP contribution >= 0.6 is 0 Å². The maximum absolute atomic E-state index is 12.3. The monoisotopic (exact) mass is 325 g/mol. The first-order chi connectivity index (χ1) is 11.7. The molecule has 1 N–H and O–H groups in total. The second-order valence-electron chi connectivity index (χ2n) is 6.89. The maximum Gasteiger partial charge on any atom is 0.225 e. The number of fused-ring (bicyclic) bond motifs is 1. The van der Waals surface area contributed by atoms with Gasteiger partial charge in [-0.2, -0.15) is 0 Å². The summed E-state index contributed by atoms with van der Waals surface area (Å²) in [6.45, 7) is 2.14. The number of hydrogen-bond donors (Lipinski definition) is 1. The van der Waals surface area contributed by atoms with E-state index in [1.807, 2.05) is 17.0 Å². The smallest absolute Gasteiger partial charge is 0.225 e. The average molecular weight is 325 g/mol. The van der Waals surface area contributed by atoms with Gasteiger partial charge in [-0.3, -0.25) is 9.59 Å². The van der Waals surface area contributed by atoms with Crippen LogP contribution in [0, 0.1) is 5.92 Å². The lowest BCUT2D eigenvalue weighted by Crippen LogP contribution is -2.34. The second-order valence-corrected chi connectivity index (χ2v) is 6.89. The van der Waals surface area contributed by atoms with Crippen molar-refractivity contribution in [3.63, 3.8) is 0 Å². The van der Waals surface area contributed by atoms with Crippen molar-refractivity contribution in [3.05, 3.63) is 36.5 Å². The zero-order chi connectivity index (χ0) is 16.5. The molecular weight excluding hydrogens is 302 g/mol. The number of amides is 2. The molecule has 2 amide bonds. The molecule has 4 rings (SSSR count). The predicted molar refractivity (Wildman–Crippen MR) is 92.4 cm³/mol. The van der Waals surface area contributed by atoms with Crippen molar-refractivity contribution in [1.82, 2.24) is 14.8 Å². The highest BCUT2D eigenvalue weighted by Crippen LogP contribution is 2.32. The van der Waals surface area contributed by atoms with Gasteiger partial charge in [-0.1, -0.05) is 18.2 Å². The lowest BCUT2D eigenvalue weighted by Gasteiger charge is -2.15. The third-order valence-corrected chi connectivity index (χ3v) is 5.07. The lowest BCUT2D eigenvalue weighted by molar-refractivity contribution is -0.129. The van der Waals surface area contributed by atoms with E-state index in [1.165, 1.54) is 10.9 Å². The molecule has 126 valence electrons. The van der Waals surface area contributed by atoms with Crippen LogP contribution in [0.1, 0.15) is 25.7 Å². The Morgan fingerprint density at radius 2 is 2.04 bits per heavy atom. The summed E-state index contributed by atoms with van der Waals surface area (Å²) >= 11 is 0. The van der Waals surface area contributed by atoms with Crippen LogP contribution in [0.5, 0.6) is 0 Å². The van der Waals surface area contributed by atoms with E-state index < -0.39 is 0 Å². The Hall–Kier alpha value is -2.30. The summed E-state index contributed by atoms with van der Waals surface area (Å²) in [6.07, 6.45) is 5.56. The fraction of sp³-hybridized carbons (Fsp3) is 0.474. The van der Waals surface area contributed by atoms with Crippen LogP contribution in [0.2, 0.25) is 0 Å². The van der Waals surface area contributed by atoms with Crippen molar-refractivity contribution in [1.29, 1.82) is 0 Å². The normalized spacial score (nSPS) is 20.8. The van der Waals surface area contributed by atoms with Crippen molar-refractivity contribution in [3.8, 4) is 0 Å². The number of para-hydroxylation sites is 1. The summed E-state index contributed by atoms with van der Waals surface area (Å²) in [7, 11) is 0. The van der Waals surface area contributed by atoms with Crippen LogP contribution in [0.25, 0.3) is 10.9 Å². The molecule has 2 heterocycles. The van der Waals surface area contributed by atoms with Gasteiger partial charge in [0.1, 0.15) is 0 Å². The van der Waals surface area contributed by atoms with Crippen molar-refractivity contribution in [2.75, 3.05) is 13.1 Å². The van der Waals surface area contributed by atoms with Gasteiger partial charge < -0.3 is 14.8 Å². The van der Waals surface area contributed by atoms with Gasteiger partial charge in [0.15, 0.2) is 0 Å². The van der Waals surface area contributed by atoms with Crippen molar-refractivity contribution >= 4 is 22.7 Å². The summed E-state index contributed by atoms with van der Waals surface area (Å²) in [5.74, 6) is 0.0193. The summed E-state index contributed by atoms with van der Waals surface area (Å²) in [5, 5.41) is 4.25. The molecule has 1 atom stereocenters. The number of aryl methyl sites for hydroxylation is 1. The Morgan fingerprint density at radius 3 is 2.88 bits per heavy atom. The van der Waals surface area contributed by atoms with E-state index in [9.17, 15) is 9.59 Å². The second kappa shape index (κ2) is 6.30. The Balaban J connectivity index is 1.24. The number of carbonyl (C=O) groups is 2. The zero-order valence-electron chi connectivity index (χ0n) is 13.8. The number of benzene rings is 1. The molecule has 1 aliphatic heterocycles. The number of aromatic nitrogens is 1. The average Bonchev–Trinajstić information content (AvgIpc) is 3.24. The molecule has 5 heteroatoms. The lowest BCUT2D eigenvalue weighted by atomic mass is 10.1. The molecule has 1 unspecified atom stereocenters. The summed E-state index contributed by atoms with van der Waals surface area (Å²) in [4.78, 5) is 26.1. The third kappa shape index (κ3) is 3.03. The van der Waals surface area contributed by atoms with Gasteiger partial charge in [0.05, 0.1) is 5.92 Å². The first-order valence-corrected chi connectivity index (χ1v) is 8.83. The number of rotatable bonds is 6. The van der Waals surface area contributed by atoms with Gasteiger partial charge in [-0.25, -0.2) is 0 Å². The molecule has 2 aliphatic rings. The molecule has 1 saturated heterocycles. The first kappa shape index (κ1) is 15.2. The van der Waals surface area contributed by atoms with Gasteiger partial charge in [-0.05, 0) is 36.8 Å². The Morgan fingerprint density at radius 1 is 1.21 bits per heavy atom. The van der Waals surface area contributed by atoms with E-state index in [1.54, 1.807) is 0 Å². The van der Waals surface area contributed by atoms with E-state index in [-0.39, 0.29) is 17.7 Å². The molecular formula is C19H23N3O2. The molecule has 0 radical (unpaired) electrons. The highest BCUT2D eigenvalue weighted by molar-refractivity contribution is 5.89. The minimum absolute atomic E-state index is 0.0314. The molecule has 0 bridgehead atoms. The summed E-state index contributed by atoms with van der Waals surface area (Å²) < 4.78 is 2.22. The Kier molecular flexibility index (Phi) is 4.00. The SMILES string of the molecule is O=C(NCCCn1ccc2ccccc21)C1CC(=O)N(C2CC2)C1. The third-order valence-electron chi connectivity index (χ3n) is 5.07. The molecule has 1 aromatic heterocycles. The Bertz CT molecular complexity index is 763. The van der Waals surface area contributed by atoms with Crippen LogP contribution in [-0.2, 0) is 16.1 Å². The van der Waals surface area contributed by atoms with Crippen molar-refractivity contribution in [2.24, 2.45) is 5.92 Å². The van der Waals surface area contributed by atoms with E-state index in [0.29, 0.717) is 25.6 Å². The number of carbonyl (C=O) groups excluding carboxylic acids is 2. The molecule has 2 fully saturated rings. The zero-order valence-corrected chi connectivity index (χ0v) is 13.8. The number of likely N-dealkylation sites (tertiary alicyclic amines) is 1. The van der Waals surface area contributed by atoms with Crippen molar-refractivity contribution < 1.29 is 9.59 Å². The fourth-order valence-electron chi connectivity index (χ4n) is 3.59. The molecule has 24 heavy (non-hydrogen) atoms. The first-order valence-electron chi connectivity index (χ1n) is 8.83. The molecule has 2 aromatic rings. The molecule has 5 nitrogen and oxygen atoms in total. The van der Waals surface area contributed by atoms with Crippen LogP contribution in [0.4, 0.5) is 0 Å². The summed E-state index contributed by atoms with van der Waals surface area (Å²) in [5.41, 5.74) is 1.23.